The number of alkyl halides is 1. The van der Waals surface area contributed by atoms with Gasteiger partial charge in [0.1, 0.15) is 12.3 Å². The van der Waals surface area contributed by atoms with E-state index >= 15 is 0 Å². The molecular formula is C16H18ClIN2O2. The highest BCUT2D eigenvalue weighted by Crippen LogP contribution is 2.23. The summed E-state index contributed by atoms with van der Waals surface area (Å²) in [4.78, 5) is 4.44. The molecule has 22 heavy (non-hydrogen) atoms. The van der Waals surface area contributed by atoms with Crippen LogP contribution in [0.15, 0.2) is 30.3 Å². The molecule has 0 saturated carbocycles. The third-order valence-corrected chi connectivity index (χ3v) is 4.19. The summed E-state index contributed by atoms with van der Waals surface area (Å²) >= 11 is 8.23. The molecule has 0 unspecified atom stereocenters. The molecule has 1 aromatic carbocycles. The maximum Gasteiger partial charge on any atom is 0.309 e. The Labute approximate surface area is 149 Å². The zero-order valence-corrected chi connectivity index (χ0v) is 15.5. The van der Waals surface area contributed by atoms with E-state index in [1.54, 1.807) is 0 Å². The van der Waals surface area contributed by atoms with E-state index in [9.17, 15) is 5.21 Å². The zero-order valence-electron chi connectivity index (χ0n) is 12.6. The van der Waals surface area contributed by atoms with Gasteiger partial charge in [0, 0.05) is 6.42 Å². The van der Waals surface area contributed by atoms with Gasteiger partial charge in [-0.2, -0.15) is 4.73 Å². The van der Waals surface area contributed by atoms with Crippen LogP contribution in [0.2, 0.25) is 5.15 Å². The number of benzene rings is 1. The average Bonchev–Trinajstić information content (AvgIpc) is 2.52. The highest BCUT2D eigenvalue weighted by Gasteiger charge is 2.24. The molecule has 6 heteroatoms. The normalized spacial score (nSPS) is 11.0. The van der Waals surface area contributed by atoms with Gasteiger partial charge in [-0.1, -0.05) is 66.8 Å². The number of aromatic nitrogens is 2. The quantitative estimate of drug-likeness (QED) is 0.299. The van der Waals surface area contributed by atoms with Crippen molar-refractivity contribution in [2.24, 2.45) is 5.92 Å². The molecule has 0 aliphatic rings. The molecular weight excluding hydrogens is 415 g/mol. The molecule has 4 nitrogen and oxygen atoms in total. The lowest BCUT2D eigenvalue weighted by Gasteiger charge is -2.14. The van der Waals surface area contributed by atoms with Gasteiger partial charge in [-0.3, -0.25) is 0 Å². The van der Waals surface area contributed by atoms with Crippen LogP contribution in [0.4, 0.5) is 0 Å². The molecule has 0 aliphatic carbocycles. The van der Waals surface area contributed by atoms with E-state index in [-0.39, 0.29) is 5.15 Å². The predicted molar refractivity (Wildman–Crippen MR) is 95.2 cm³/mol. The first-order valence-corrected chi connectivity index (χ1v) is 8.96. The summed E-state index contributed by atoms with van der Waals surface area (Å²) < 4.78 is 7.12. The van der Waals surface area contributed by atoms with Gasteiger partial charge in [-0.05, 0) is 23.1 Å². The van der Waals surface area contributed by atoms with Crippen molar-refractivity contribution in [2.75, 3.05) is 0 Å². The summed E-state index contributed by atoms with van der Waals surface area (Å²) in [5.74, 6) is 0.686. The van der Waals surface area contributed by atoms with Gasteiger partial charge in [0.2, 0.25) is 0 Å². The second-order valence-electron chi connectivity index (χ2n) is 5.40. The van der Waals surface area contributed by atoms with E-state index in [1.165, 1.54) is 0 Å². The SMILES string of the molecule is CC(C)Cc1c(OCc2ccccc2)nc(CI)c(Cl)[n+]1[O-]. The Kier molecular flexibility index (Phi) is 6.26. The molecule has 0 N–H and O–H groups in total. The van der Waals surface area contributed by atoms with Crippen LogP contribution in [-0.2, 0) is 17.5 Å². The van der Waals surface area contributed by atoms with Gasteiger partial charge in [-0.15, -0.1) is 0 Å². The first kappa shape index (κ1) is 17.3. The van der Waals surface area contributed by atoms with Gasteiger partial charge >= 0.3 is 5.15 Å². The minimum atomic E-state index is 0.136. The molecule has 118 valence electrons. The molecule has 0 fully saturated rings. The first-order chi connectivity index (χ1) is 10.5. The molecule has 0 radical (unpaired) electrons. The Bertz CT molecular complexity index is 636. The van der Waals surface area contributed by atoms with Crippen LogP contribution in [0.5, 0.6) is 5.88 Å². The van der Waals surface area contributed by atoms with Gasteiger partial charge < -0.3 is 9.94 Å². The highest BCUT2D eigenvalue weighted by atomic mass is 127. The average molecular weight is 433 g/mol. The summed E-state index contributed by atoms with van der Waals surface area (Å²) in [5, 5.41) is 12.5. The molecule has 0 aliphatic heterocycles. The third kappa shape index (κ3) is 4.23. The van der Waals surface area contributed by atoms with Crippen LogP contribution in [0.3, 0.4) is 0 Å². The van der Waals surface area contributed by atoms with Gasteiger partial charge in [-0.25, -0.2) is 4.98 Å². The number of nitrogens with zero attached hydrogens (tertiary/aromatic N) is 2. The van der Waals surface area contributed by atoms with E-state index in [1.807, 2.05) is 44.2 Å². The van der Waals surface area contributed by atoms with Crippen LogP contribution in [0, 0.1) is 11.1 Å². The summed E-state index contributed by atoms with van der Waals surface area (Å²) in [6.07, 6.45) is 0.571. The number of hydrogen-bond donors (Lipinski definition) is 0. The molecule has 0 spiro atoms. The summed E-state index contributed by atoms with van der Waals surface area (Å²) in [5.41, 5.74) is 2.07. The van der Waals surface area contributed by atoms with Crippen molar-refractivity contribution in [2.45, 2.75) is 31.3 Å². The Morgan fingerprint density at radius 3 is 2.59 bits per heavy atom. The van der Waals surface area contributed by atoms with Gasteiger partial charge in [0.15, 0.2) is 0 Å². The standard InChI is InChI=1S/C16H18ClIN2O2/c1-11(2)8-14-16(19-13(9-18)15(17)20(14)21)22-10-12-6-4-3-5-7-12/h3-7,11H,8-10H2,1-2H3. The summed E-state index contributed by atoms with van der Waals surface area (Å²) in [7, 11) is 0. The number of halogens is 2. The zero-order chi connectivity index (χ0) is 16.1. The van der Waals surface area contributed by atoms with Crippen molar-refractivity contribution < 1.29 is 9.47 Å². The molecule has 1 heterocycles. The van der Waals surface area contributed by atoms with E-state index in [4.69, 9.17) is 16.3 Å². The maximum absolute atomic E-state index is 12.4. The number of rotatable bonds is 6. The fourth-order valence-corrected chi connectivity index (χ4v) is 3.01. The molecule has 0 atom stereocenters. The summed E-state index contributed by atoms with van der Waals surface area (Å²) in [6, 6.07) is 9.80. The van der Waals surface area contributed by atoms with Gasteiger partial charge in [0.25, 0.3) is 11.6 Å². The molecule has 0 amide bonds. The Hall–Kier alpha value is -1.08. The van der Waals surface area contributed by atoms with Crippen molar-refractivity contribution in [1.29, 1.82) is 0 Å². The van der Waals surface area contributed by atoms with Gasteiger partial charge in [0.05, 0.1) is 4.43 Å². The Morgan fingerprint density at radius 1 is 1.32 bits per heavy atom. The van der Waals surface area contributed by atoms with E-state index in [2.05, 4.69) is 27.6 Å². The smallest absolute Gasteiger partial charge is 0.309 e. The largest absolute Gasteiger partial charge is 0.617 e. The molecule has 1 aromatic heterocycles. The van der Waals surface area contributed by atoms with Crippen molar-refractivity contribution in [3.63, 3.8) is 0 Å². The molecule has 2 aromatic rings. The second kappa shape index (κ2) is 7.97. The highest BCUT2D eigenvalue weighted by molar-refractivity contribution is 14.1. The number of hydrogen-bond acceptors (Lipinski definition) is 3. The van der Waals surface area contributed by atoms with Crippen LogP contribution in [0.1, 0.15) is 30.8 Å². The first-order valence-electron chi connectivity index (χ1n) is 7.06. The molecule has 0 saturated heterocycles. The maximum atomic E-state index is 12.4. The lowest BCUT2D eigenvalue weighted by Crippen LogP contribution is -2.36. The van der Waals surface area contributed by atoms with Crippen molar-refractivity contribution >= 4 is 34.2 Å². The van der Waals surface area contributed by atoms with Crippen LogP contribution < -0.4 is 9.47 Å². The predicted octanol–water partition coefficient (Wildman–Crippen LogP) is 4.08. The lowest BCUT2D eigenvalue weighted by atomic mass is 10.1. The lowest BCUT2D eigenvalue weighted by molar-refractivity contribution is -0.613. The fraction of sp³-hybridized carbons (Fsp3) is 0.375. The number of ether oxygens (including phenoxy) is 1. The summed E-state index contributed by atoms with van der Waals surface area (Å²) in [6.45, 7) is 4.46. The molecule has 0 bridgehead atoms. The minimum Gasteiger partial charge on any atom is -0.617 e. The third-order valence-electron chi connectivity index (χ3n) is 3.09. The van der Waals surface area contributed by atoms with Crippen molar-refractivity contribution in [3.05, 3.63) is 57.6 Å². The van der Waals surface area contributed by atoms with Crippen molar-refractivity contribution in [3.8, 4) is 5.88 Å². The van der Waals surface area contributed by atoms with Crippen LogP contribution in [-0.4, -0.2) is 4.98 Å². The van der Waals surface area contributed by atoms with E-state index < -0.39 is 0 Å². The van der Waals surface area contributed by atoms with Crippen molar-refractivity contribution in [1.82, 2.24) is 4.98 Å². The van der Waals surface area contributed by atoms with Crippen LogP contribution >= 0.6 is 34.2 Å². The van der Waals surface area contributed by atoms with Crippen LogP contribution in [0.25, 0.3) is 0 Å². The second-order valence-corrected chi connectivity index (χ2v) is 6.52. The van der Waals surface area contributed by atoms with E-state index in [0.717, 1.165) is 10.3 Å². The Morgan fingerprint density at radius 2 is 2.00 bits per heavy atom. The minimum absolute atomic E-state index is 0.136. The topological polar surface area (TPSA) is 49.1 Å². The Balaban J connectivity index is 2.32. The monoisotopic (exact) mass is 432 g/mol. The fourth-order valence-electron chi connectivity index (χ4n) is 2.04. The van der Waals surface area contributed by atoms with E-state index in [0.29, 0.717) is 40.6 Å². The molecule has 2 rings (SSSR count).